The van der Waals surface area contributed by atoms with Crippen molar-refractivity contribution in [2.75, 3.05) is 13.1 Å². The zero-order valence-corrected chi connectivity index (χ0v) is 12.8. The summed E-state index contributed by atoms with van der Waals surface area (Å²) in [5.41, 5.74) is 0. The zero-order chi connectivity index (χ0) is 15.9. The summed E-state index contributed by atoms with van der Waals surface area (Å²) in [7, 11) is 0. The molecule has 0 bridgehead atoms. The van der Waals surface area contributed by atoms with Gasteiger partial charge in [0.15, 0.2) is 0 Å². The highest BCUT2D eigenvalue weighted by atomic mass is 32.1. The smallest absolute Gasteiger partial charge is 0.266 e. The Labute approximate surface area is 132 Å². The molecule has 2 heterocycles. The number of hydrogen-bond acceptors (Lipinski definition) is 6. The molecule has 1 saturated heterocycles. The fraction of sp³-hybridized carbons (Fsp3) is 0.500. The van der Waals surface area contributed by atoms with Crippen molar-refractivity contribution in [2.24, 2.45) is 0 Å². The number of hydroxylamine groups is 2. The van der Waals surface area contributed by atoms with Crippen LogP contribution in [0.1, 0.15) is 17.7 Å². The number of rotatable bonds is 7. The Hall–Kier alpha value is -1.77. The summed E-state index contributed by atoms with van der Waals surface area (Å²) in [5, 5.41) is 17.5. The van der Waals surface area contributed by atoms with Crippen LogP contribution in [0.25, 0.3) is 0 Å². The van der Waals surface area contributed by atoms with Crippen molar-refractivity contribution < 1.29 is 19.6 Å². The van der Waals surface area contributed by atoms with E-state index in [9.17, 15) is 19.6 Å². The normalized spacial score (nSPS) is 18.7. The van der Waals surface area contributed by atoms with Gasteiger partial charge in [-0.1, -0.05) is 6.07 Å². The van der Waals surface area contributed by atoms with E-state index in [0.717, 1.165) is 24.3 Å². The Morgan fingerprint density at radius 3 is 3.00 bits per heavy atom. The second-order valence-electron chi connectivity index (χ2n) is 5.02. The minimum absolute atomic E-state index is 0.196. The highest BCUT2D eigenvalue weighted by Crippen LogP contribution is 2.13. The average Bonchev–Trinajstić information content (AvgIpc) is 3.22. The van der Waals surface area contributed by atoms with Gasteiger partial charge in [-0.25, -0.2) is 5.06 Å². The molecule has 1 aromatic rings. The van der Waals surface area contributed by atoms with Gasteiger partial charge < -0.3 is 10.6 Å². The largest absolute Gasteiger partial charge is 0.346 e. The van der Waals surface area contributed by atoms with Gasteiger partial charge in [-0.15, -0.1) is 11.3 Å². The third-order valence-corrected chi connectivity index (χ3v) is 4.35. The van der Waals surface area contributed by atoms with Crippen LogP contribution in [0.5, 0.6) is 0 Å². The van der Waals surface area contributed by atoms with Crippen LogP contribution in [0, 0.1) is 0 Å². The van der Waals surface area contributed by atoms with Gasteiger partial charge in [0.05, 0.1) is 12.6 Å². The van der Waals surface area contributed by atoms with E-state index in [1.165, 1.54) is 11.3 Å². The lowest BCUT2D eigenvalue weighted by Crippen LogP contribution is -2.48. The van der Waals surface area contributed by atoms with Crippen molar-refractivity contribution in [3.05, 3.63) is 22.4 Å². The van der Waals surface area contributed by atoms with E-state index in [1.54, 1.807) is 12.4 Å². The fourth-order valence-electron chi connectivity index (χ4n) is 2.25. The van der Waals surface area contributed by atoms with Crippen LogP contribution >= 0.6 is 11.3 Å². The average molecular weight is 324 g/mol. The Balaban J connectivity index is 1.81. The summed E-state index contributed by atoms with van der Waals surface area (Å²) < 4.78 is 0. The zero-order valence-electron chi connectivity index (χ0n) is 11.9. The molecule has 1 radical (unpaired) electrons. The van der Waals surface area contributed by atoms with E-state index in [2.05, 4.69) is 10.6 Å². The third-order valence-electron chi connectivity index (χ3n) is 3.45. The maximum Gasteiger partial charge on any atom is 0.266 e. The number of nitrogens with one attached hydrogen (secondary N) is 2. The Morgan fingerprint density at radius 2 is 2.41 bits per heavy atom. The van der Waals surface area contributed by atoms with Crippen LogP contribution in [0.15, 0.2) is 17.5 Å². The minimum atomic E-state index is -1.08. The van der Waals surface area contributed by atoms with Crippen LogP contribution in [0.2, 0.25) is 0 Å². The molecular formula is C14H18N3O4S. The van der Waals surface area contributed by atoms with Crippen molar-refractivity contribution in [2.45, 2.75) is 31.3 Å². The Kier molecular flexibility index (Phi) is 6.05. The highest BCUT2D eigenvalue weighted by Gasteiger charge is 2.26. The lowest BCUT2D eigenvalue weighted by Gasteiger charge is -2.21. The molecule has 2 rings (SSSR count). The molecule has 1 aromatic heterocycles. The van der Waals surface area contributed by atoms with Gasteiger partial charge in [-0.2, -0.15) is 0 Å². The van der Waals surface area contributed by atoms with E-state index in [-0.39, 0.29) is 24.9 Å². The molecular weight excluding hydrogens is 306 g/mol. The number of hydrogen-bond donors (Lipinski definition) is 3. The molecule has 1 aliphatic heterocycles. The number of amides is 2. The molecule has 7 nitrogen and oxygen atoms in total. The molecule has 0 unspecified atom stereocenters. The molecule has 1 fully saturated rings. The van der Waals surface area contributed by atoms with Crippen molar-refractivity contribution in [1.29, 1.82) is 0 Å². The van der Waals surface area contributed by atoms with Gasteiger partial charge in [-0.05, 0) is 30.8 Å². The van der Waals surface area contributed by atoms with Crippen LogP contribution in [0.4, 0.5) is 0 Å². The summed E-state index contributed by atoms with van der Waals surface area (Å²) in [6.07, 6.45) is 3.49. The predicted molar refractivity (Wildman–Crippen MR) is 80.2 cm³/mol. The standard InChI is InChI=1S/C14H18N3O4S/c18-9-10(7-11-3-2-6-22-11)17(21)13(19)8-16-14(20)12-4-1-5-15-12/h2-3,6,10,12,15,21H,1,4-5,7-8H2,(H,16,20)/t10-,12-/m0/s1. The lowest BCUT2D eigenvalue weighted by atomic mass is 10.2. The quantitative estimate of drug-likeness (QED) is 0.479. The van der Waals surface area contributed by atoms with Crippen molar-refractivity contribution >= 4 is 29.4 Å². The monoisotopic (exact) mass is 324 g/mol. The van der Waals surface area contributed by atoms with E-state index in [1.807, 2.05) is 11.4 Å². The summed E-state index contributed by atoms with van der Waals surface area (Å²) >= 11 is 1.42. The van der Waals surface area contributed by atoms with Gasteiger partial charge >= 0.3 is 0 Å². The summed E-state index contributed by atoms with van der Waals surface area (Å²) in [6.45, 7) is 0.428. The van der Waals surface area contributed by atoms with E-state index >= 15 is 0 Å². The topological polar surface area (TPSA) is 98.7 Å². The first-order valence-electron chi connectivity index (χ1n) is 7.04. The Bertz CT molecular complexity index is 514. The maximum atomic E-state index is 11.9. The molecule has 0 spiro atoms. The third kappa shape index (κ3) is 4.36. The first-order chi connectivity index (χ1) is 10.6. The second kappa shape index (κ2) is 8.02. The molecule has 8 heteroatoms. The van der Waals surface area contributed by atoms with Gasteiger partial charge in [0, 0.05) is 11.3 Å². The van der Waals surface area contributed by atoms with Crippen LogP contribution in [-0.4, -0.2) is 53.5 Å². The van der Waals surface area contributed by atoms with E-state index in [0.29, 0.717) is 5.06 Å². The van der Waals surface area contributed by atoms with Crippen molar-refractivity contribution in [1.82, 2.24) is 15.7 Å². The number of carbonyl (C=O) groups is 2. The maximum absolute atomic E-state index is 11.9. The SMILES string of the molecule is O=[C][C@H](Cc1cccs1)N(O)C(=O)CNC(=O)[C@@H]1CCCN1. The molecule has 0 aromatic carbocycles. The first-order valence-corrected chi connectivity index (χ1v) is 7.92. The van der Waals surface area contributed by atoms with E-state index < -0.39 is 11.9 Å². The van der Waals surface area contributed by atoms with E-state index in [4.69, 9.17) is 0 Å². The van der Waals surface area contributed by atoms with Gasteiger partial charge in [0.2, 0.25) is 12.2 Å². The minimum Gasteiger partial charge on any atom is -0.346 e. The van der Waals surface area contributed by atoms with Gasteiger partial charge in [0.25, 0.3) is 5.91 Å². The van der Waals surface area contributed by atoms with Gasteiger partial charge in [0.1, 0.15) is 6.04 Å². The summed E-state index contributed by atoms with van der Waals surface area (Å²) in [6, 6.07) is 2.26. The second-order valence-corrected chi connectivity index (χ2v) is 6.05. The van der Waals surface area contributed by atoms with Crippen LogP contribution in [0.3, 0.4) is 0 Å². The molecule has 3 N–H and O–H groups in total. The molecule has 1 aliphatic rings. The van der Waals surface area contributed by atoms with Crippen molar-refractivity contribution in [3.63, 3.8) is 0 Å². The molecule has 0 saturated carbocycles. The van der Waals surface area contributed by atoms with Crippen LogP contribution in [-0.2, 0) is 20.8 Å². The molecule has 2 amide bonds. The van der Waals surface area contributed by atoms with Crippen molar-refractivity contribution in [3.8, 4) is 0 Å². The number of nitrogens with zero attached hydrogens (tertiary/aromatic N) is 1. The molecule has 22 heavy (non-hydrogen) atoms. The molecule has 0 aliphatic carbocycles. The number of carbonyl (C=O) groups excluding carboxylic acids is 3. The molecule has 119 valence electrons. The van der Waals surface area contributed by atoms with Crippen LogP contribution < -0.4 is 10.6 Å². The Morgan fingerprint density at radius 1 is 1.59 bits per heavy atom. The summed E-state index contributed by atoms with van der Waals surface area (Å²) in [5.74, 6) is -1.01. The fourth-order valence-corrected chi connectivity index (χ4v) is 2.99. The molecule has 2 atom stereocenters. The number of thiophene rings is 1. The van der Waals surface area contributed by atoms with Gasteiger partial charge in [-0.3, -0.25) is 19.6 Å². The lowest BCUT2D eigenvalue weighted by molar-refractivity contribution is -0.169. The first kappa shape index (κ1) is 16.6. The highest BCUT2D eigenvalue weighted by molar-refractivity contribution is 7.09. The predicted octanol–water partition coefficient (Wildman–Crippen LogP) is -0.145. The summed E-state index contributed by atoms with van der Waals surface area (Å²) in [4.78, 5) is 35.4.